The summed E-state index contributed by atoms with van der Waals surface area (Å²) in [4.78, 5) is 49.5. The van der Waals surface area contributed by atoms with Crippen molar-refractivity contribution in [1.82, 2.24) is 17.2 Å². The molecule has 4 N–H and O–H groups in total. The Bertz CT molecular complexity index is 4130. The Morgan fingerprint density at radius 3 is 1.13 bits per heavy atom. The van der Waals surface area contributed by atoms with Crippen LogP contribution in [0.15, 0.2) is 148 Å². The minimum atomic E-state index is -3.61. The molecule has 4 saturated heterocycles. The number of amides is 4. The van der Waals surface area contributed by atoms with E-state index in [-0.39, 0.29) is 92.7 Å². The second-order valence-corrected chi connectivity index (χ2v) is 32.1. The first-order chi connectivity index (χ1) is 43.4. The molecule has 4 heterocycles. The molecule has 4 atom stereocenters. The number of rotatable bonds is 15. The molecule has 4 aliphatic heterocycles. The number of piperidine rings is 1. The van der Waals surface area contributed by atoms with Crippen molar-refractivity contribution >= 4 is 149 Å². The number of nitrogens with zero attached hydrogens (tertiary/aromatic N) is 4. The molecule has 32 heteroatoms. The predicted molar refractivity (Wildman–Crippen MR) is 353 cm³/mol. The summed E-state index contributed by atoms with van der Waals surface area (Å²) >= 11 is 26.1. The average molecular weight is 1500 g/mol. The van der Waals surface area contributed by atoms with Gasteiger partial charge in [0.1, 0.15) is 17.5 Å². The Kier molecular flexibility index (Phi) is 26.1. The van der Waals surface area contributed by atoms with E-state index < -0.39 is 81.2 Å². The van der Waals surface area contributed by atoms with Gasteiger partial charge in [0.15, 0.2) is 0 Å². The van der Waals surface area contributed by atoms with Crippen molar-refractivity contribution in [3.63, 3.8) is 0 Å². The first kappa shape index (κ1) is 73.7. The van der Waals surface area contributed by atoms with Crippen LogP contribution in [0.1, 0.15) is 39.0 Å². The predicted octanol–water partition coefficient (Wildman–Crippen LogP) is 11.1. The zero-order valence-electron chi connectivity index (χ0n) is 49.3. The minimum absolute atomic E-state index is 0.0176. The summed E-state index contributed by atoms with van der Waals surface area (Å²) < 4.78 is 143. The number of carbonyl (C=O) groups is 4. The summed E-state index contributed by atoms with van der Waals surface area (Å²) in [5, 5.41) is 11.0. The van der Waals surface area contributed by atoms with Crippen LogP contribution in [0.25, 0.3) is 0 Å². The molecular weight excluding hydrogens is 1430 g/mol. The van der Waals surface area contributed by atoms with Gasteiger partial charge >= 0.3 is 0 Å². The molecule has 4 unspecified atom stereocenters. The minimum Gasteiger partial charge on any atom is -0.326 e. The third-order valence-electron chi connectivity index (χ3n) is 15.1. The van der Waals surface area contributed by atoms with E-state index >= 15 is 0 Å². The largest absolute Gasteiger partial charge is 0.326 e. The van der Waals surface area contributed by atoms with E-state index in [1.54, 1.807) is 73.7 Å². The van der Waals surface area contributed by atoms with Gasteiger partial charge in [0, 0.05) is 79.6 Å². The quantitative estimate of drug-likeness (QED) is 0.0748. The van der Waals surface area contributed by atoms with Gasteiger partial charge in [-0.2, -0.15) is 8.61 Å². The number of hydrogen-bond donors (Lipinski definition) is 4. The number of sulfonamides is 4. The molecule has 20 nitrogen and oxygen atoms in total. The van der Waals surface area contributed by atoms with Gasteiger partial charge in [0.2, 0.25) is 63.7 Å². The molecule has 0 radical (unpaired) electrons. The fourth-order valence-electron chi connectivity index (χ4n) is 9.91. The van der Waals surface area contributed by atoms with Gasteiger partial charge in [-0.1, -0.05) is 82.8 Å². The van der Waals surface area contributed by atoms with Crippen LogP contribution < -0.4 is 21.3 Å². The first-order valence-electron chi connectivity index (χ1n) is 28.4. The molecule has 6 aromatic rings. The lowest BCUT2D eigenvalue weighted by atomic mass is 9.99. The third kappa shape index (κ3) is 20.2. The van der Waals surface area contributed by atoms with Crippen molar-refractivity contribution in [2.75, 3.05) is 85.6 Å². The highest BCUT2D eigenvalue weighted by molar-refractivity contribution is 9.10. The van der Waals surface area contributed by atoms with Crippen LogP contribution >= 0.6 is 62.3 Å². The molecule has 10 rings (SSSR count). The standard InChI is InChI=1S/C18H18BrClN2O3S.C17H16ClFN2O3S.C13H16ClFN2O3S.C12H14ClFN2O3S/c19-16-9-8-14(11-17(16)20)21-18(23)13-5-4-10-22(12-13)26(24,25)15-6-2-1-3-7-15;18-15-7-6-13(10-16(15)19)20-17(22)12-8-9-21(11-12)25(23,24)14-4-2-1-3-5-14;1-2-21(19,20)17-6-5-9(8-17)13(18)16-10-3-4-11(14)12(15)7-10;1-20(18,19)16-5-4-8(7-16)12(17)15-9-2-3-10(13)11(14)6-9/h1-3,6-9,11,13H,4-5,10,12H2,(H,21,23);1-7,10,12H,8-9,11H2,(H,20,22);3-4,7,9H,2,5-6,8H2,1H3,(H,16,18);2-3,6,8H,4-5,7H2,1H3,(H,15,17). The summed E-state index contributed by atoms with van der Waals surface area (Å²) in [5.41, 5.74) is 1.48. The topological polar surface area (TPSA) is 266 Å². The summed E-state index contributed by atoms with van der Waals surface area (Å²) in [7, 11) is -13.8. The summed E-state index contributed by atoms with van der Waals surface area (Å²) in [6.45, 7) is 3.51. The van der Waals surface area contributed by atoms with E-state index in [9.17, 15) is 66.0 Å². The highest BCUT2D eigenvalue weighted by Gasteiger charge is 2.38. The molecular formula is C60H64BrCl4F3N8O12S4. The van der Waals surface area contributed by atoms with Crippen molar-refractivity contribution in [2.24, 2.45) is 23.7 Å². The van der Waals surface area contributed by atoms with Crippen LogP contribution in [0, 0.1) is 41.1 Å². The summed E-state index contributed by atoms with van der Waals surface area (Å²) in [6.07, 6.45) is 3.73. The van der Waals surface area contributed by atoms with Crippen molar-refractivity contribution < 1.29 is 66.0 Å². The van der Waals surface area contributed by atoms with Gasteiger partial charge in [0.25, 0.3) is 0 Å². The number of hydrogen-bond acceptors (Lipinski definition) is 12. The first-order valence-corrected chi connectivity index (χ1v) is 37.1. The molecule has 496 valence electrons. The maximum Gasteiger partial charge on any atom is 0.243 e. The van der Waals surface area contributed by atoms with Gasteiger partial charge in [0.05, 0.1) is 65.6 Å². The Hall–Kier alpha value is -5.73. The fraction of sp³-hybridized carbons (Fsp3) is 0.333. The number of nitrogens with one attached hydrogen (secondary N) is 4. The summed E-state index contributed by atoms with van der Waals surface area (Å²) in [5.74, 6) is -4.75. The van der Waals surface area contributed by atoms with Crippen LogP contribution in [0.3, 0.4) is 0 Å². The van der Waals surface area contributed by atoms with Crippen LogP contribution in [0.2, 0.25) is 20.1 Å². The van der Waals surface area contributed by atoms with Crippen LogP contribution in [-0.2, 0) is 59.3 Å². The number of halogens is 8. The Morgan fingerprint density at radius 2 is 0.772 bits per heavy atom. The molecule has 0 saturated carbocycles. The van der Waals surface area contributed by atoms with Crippen molar-refractivity contribution in [2.45, 2.75) is 48.8 Å². The lowest BCUT2D eigenvalue weighted by Gasteiger charge is -2.31. The molecule has 92 heavy (non-hydrogen) atoms. The van der Waals surface area contributed by atoms with E-state index in [0.29, 0.717) is 73.8 Å². The van der Waals surface area contributed by atoms with Crippen LogP contribution in [0.5, 0.6) is 0 Å². The average Bonchev–Trinajstić information content (AvgIpc) is 1.38. The van der Waals surface area contributed by atoms with Crippen molar-refractivity contribution in [1.29, 1.82) is 0 Å². The van der Waals surface area contributed by atoms with E-state index in [1.165, 1.54) is 65.8 Å². The second kappa shape index (κ2) is 32.6. The highest BCUT2D eigenvalue weighted by Crippen LogP contribution is 2.31. The highest BCUT2D eigenvalue weighted by atomic mass is 79.9. The monoisotopic (exact) mass is 1490 g/mol. The Labute approximate surface area is 561 Å². The fourth-order valence-corrected chi connectivity index (χ4v) is 15.8. The van der Waals surface area contributed by atoms with Gasteiger partial charge in [-0.3, -0.25) is 19.2 Å². The van der Waals surface area contributed by atoms with Gasteiger partial charge < -0.3 is 21.3 Å². The Morgan fingerprint density at radius 1 is 0.446 bits per heavy atom. The maximum absolute atomic E-state index is 13.4. The molecule has 0 aliphatic carbocycles. The molecule has 0 bridgehead atoms. The molecule has 4 amide bonds. The molecule has 0 aromatic heterocycles. The van der Waals surface area contributed by atoms with E-state index in [1.807, 2.05) is 0 Å². The molecule has 0 spiro atoms. The molecule has 6 aromatic carbocycles. The van der Waals surface area contributed by atoms with E-state index in [4.69, 9.17) is 46.4 Å². The Balaban J connectivity index is 0.000000175. The zero-order valence-corrected chi connectivity index (χ0v) is 57.1. The molecule has 4 aliphatic rings. The van der Waals surface area contributed by atoms with E-state index in [2.05, 4.69) is 37.2 Å². The lowest BCUT2D eigenvalue weighted by molar-refractivity contribution is -0.121. The van der Waals surface area contributed by atoms with Gasteiger partial charge in [-0.05, 0) is 152 Å². The third-order valence-corrected chi connectivity index (χ3v) is 24.1. The molecule has 4 fully saturated rings. The smallest absolute Gasteiger partial charge is 0.243 e. The maximum atomic E-state index is 13.4. The van der Waals surface area contributed by atoms with Crippen molar-refractivity contribution in [3.05, 3.63) is 175 Å². The number of benzene rings is 6. The van der Waals surface area contributed by atoms with Gasteiger partial charge in [-0.15, -0.1) is 0 Å². The van der Waals surface area contributed by atoms with Gasteiger partial charge in [-0.25, -0.2) is 55.5 Å². The second-order valence-electron chi connectivity index (χ2n) is 21.5. The van der Waals surface area contributed by atoms with Crippen LogP contribution in [0.4, 0.5) is 35.9 Å². The SMILES string of the molecule is CCS(=O)(=O)N1CCC(C(=O)Nc2ccc(Cl)c(F)c2)C1.CS(=O)(=O)N1CCC(C(=O)Nc2ccc(Cl)c(F)c2)C1.O=C(Nc1ccc(Br)c(Cl)c1)C1CCCN(S(=O)(=O)c2ccccc2)C1.O=C(Nc1ccc(Cl)c(F)c1)C1CCN(S(=O)(=O)c2ccccc2)C1. The normalized spacial score (nSPS) is 19.0. The van der Waals surface area contributed by atoms with Crippen molar-refractivity contribution in [3.8, 4) is 0 Å². The number of carbonyl (C=O) groups excluding carboxylic acids is 4. The number of anilines is 4. The zero-order chi connectivity index (χ0) is 67.3. The van der Waals surface area contributed by atoms with Crippen LogP contribution in [-0.4, -0.2) is 139 Å². The van der Waals surface area contributed by atoms with E-state index in [0.717, 1.165) is 28.9 Å². The lowest BCUT2D eigenvalue weighted by Crippen LogP contribution is -2.43. The summed E-state index contributed by atoms with van der Waals surface area (Å²) in [6, 6.07) is 33.5.